The van der Waals surface area contributed by atoms with Gasteiger partial charge >= 0.3 is 12.0 Å². The van der Waals surface area contributed by atoms with Gasteiger partial charge in [-0.1, -0.05) is 20.8 Å². The smallest absolute Gasteiger partial charge is 0.315 e. The molecule has 0 aliphatic carbocycles. The summed E-state index contributed by atoms with van der Waals surface area (Å²) in [6.07, 6.45) is 2.18. The summed E-state index contributed by atoms with van der Waals surface area (Å²) in [4.78, 5) is 25.0. The van der Waals surface area contributed by atoms with Gasteiger partial charge in [0.05, 0.1) is 6.42 Å². The number of rotatable bonds is 5. The molecule has 1 rings (SSSR count). The molecule has 1 aliphatic heterocycles. The number of amides is 2. The number of hydrogen-bond donors (Lipinski definition) is 3. The Hall–Kier alpha value is -1.30. The summed E-state index contributed by atoms with van der Waals surface area (Å²) in [7, 11) is 2.06. The first-order valence-electron chi connectivity index (χ1n) is 7.16. The Morgan fingerprint density at radius 2 is 2.05 bits per heavy atom. The van der Waals surface area contributed by atoms with Crippen molar-refractivity contribution in [3.63, 3.8) is 0 Å². The lowest BCUT2D eigenvalue weighted by atomic mass is 9.85. The molecule has 0 aromatic carbocycles. The number of urea groups is 1. The minimum Gasteiger partial charge on any atom is -0.481 e. The Morgan fingerprint density at radius 1 is 1.40 bits per heavy atom. The van der Waals surface area contributed by atoms with Crippen molar-refractivity contribution in [2.45, 2.75) is 52.1 Å². The highest BCUT2D eigenvalue weighted by molar-refractivity contribution is 5.75. The molecular weight excluding hydrogens is 258 g/mol. The van der Waals surface area contributed by atoms with Gasteiger partial charge in [0, 0.05) is 18.6 Å². The van der Waals surface area contributed by atoms with E-state index in [1.165, 1.54) is 0 Å². The van der Waals surface area contributed by atoms with Gasteiger partial charge < -0.3 is 20.6 Å². The van der Waals surface area contributed by atoms with Crippen LogP contribution in [-0.2, 0) is 4.79 Å². The van der Waals surface area contributed by atoms with Crippen molar-refractivity contribution in [1.82, 2.24) is 15.5 Å². The quantitative estimate of drug-likeness (QED) is 0.710. The number of hydrogen-bond acceptors (Lipinski definition) is 3. The van der Waals surface area contributed by atoms with Crippen molar-refractivity contribution in [3.05, 3.63) is 0 Å². The molecule has 0 spiro atoms. The Bertz CT molecular complexity index is 352. The predicted octanol–water partition coefficient (Wildman–Crippen LogP) is 1.27. The van der Waals surface area contributed by atoms with E-state index >= 15 is 0 Å². The normalized spacial score (nSPS) is 21.5. The predicted molar refractivity (Wildman–Crippen MR) is 77.7 cm³/mol. The lowest BCUT2D eigenvalue weighted by Crippen LogP contribution is -2.50. The second-order valence-corrected chi connectivity index (χ2v) is 6.65. The van der Waals surface area contributed by atoms with Crippen molar-refractivity contribution in [1.29, 1.82) is 0 Å². The first-order valence-corrected chi connectivity index (χ1v) is 7.16. The Morgan fingerprint density at radius 3 is 2.50 bits per heavy atom. The molecular formula is C14H27N3O3. The molecule has 0 radical (unpaired) electrons. The summed E-state index contributed by atoms with van der Waals surface area (Å²) in [5, 5.41) is 14.5. The highest BCUT2D eigenvalue weighted by atomic mass is 16.4. The Labute approximate surface area is 120 Å². The van der Waals surface area contributed by atoms with E-state index in [0.717, 1.165) is 19.4 Å². The first kappa shape index (κ1) is 16.8. The summed E-state index contributed by atoms with van der Waals surface area (Å²) < 4.78 is 0. The molecule has 2 amide bonds. The molecule has 0 aromatic rings. The van der Waals surface area contributed by atoms with E-state index in [4.69, 9.17) is 5.11 Å². The third-order valence-corrected chi connectivity index (χ3v) is 3.90. The average Bonchev–Trinajstić information content (AvgIpc) is 2.69. The fourth-order valence-electron chi connectivity index (χ4n) is 2.41. The molecule has 2 unspecified atom stereocenters. The van der Waals surface area contributed by atoms with Crippen LogP contribution in [0.15, 0.2) is 0 Å². The molecule has 3 N–H and O–H groups in total. The highest BCUT2D eigenvalue weighted by Crippen LogP contribution is 2.21. The maximum Gasteiger partial charge on any atom is 0.315 e. The largest absolute Gasteiger partial charge is 0.481 e. The van der Waals surface area contributed by atoms with Gasteiger partial charge in [-0.15, -0.1) is 0 Å². The molecule has 1 aliphatic rings. The van der Waals surface area contributed by atoms with E-state index in [-0.39, 0.29) is 23.9 Å². The molecule has 1 fully saturated rings. The van der Waals surface area contributed by atoms with Gasteiger partial charge in [-0.3, -0.25) is 4.79 Å². The van der Waals surface area contributed by atoms with Gasteiger partial charge in [0.1, 0.15) is 0 Å². The topological polar surface area (TPSA) is 81.7 Å². The van der Waals surface area contributed by atoms with Crippen LogP contribution in [0.4, 0.5) is 4.79 Å². The van der Waals surface area contributed by atoms with Gasteiger partial charge in [0.15, 0.2) is 0 Å². The van der Waals surface area contributed by atoms with Crippen LogP contribution < -0.4 is 10.6 Å². The molecule has 0 saturated carbocycles. The van der Waals surface area contributed by atoms with Crippen LogP contribution in [0.1, 0.15) is 40.0 Å². The van der Waals surface area contributed by atoms with Crippen LogP contribution in [0.5, 0.6) is 0 Å². The van der Waals surface area contributed by atoms with E-state index in [9.17, 15) is 9.59 Å². The van der Waals surface area contributed by atoms with Crippen LogP contribution in [0.3, 0.4) is 0 Å². The van der Waals surface area contributed by atoms with Crippen LogP contribution in [-0.4, -0.2) is 54.2 Å². The Balaban J connectivity index is 2.43. The summed E-state index contributed by atoms with van der Waals surface area (Å²) in [6, 6.07) is -0.291. The molecule has 1 heterocycles. The summed E-state index contributed by atoms with van der Waals surface area (Å²) in [5.74, 6) is -0.902. The fourth-order valence-corrected chi connectivity index (χ4v) is 2.41. The average molecular weight is 285 g/mol. The number of nitrogens with zero attached hydrogens (tertiary/aromatic N) is 1. The number of carboxylic acid groups (broad SMARTS) is 1. The van der Waals surface area contributed by atoms with E-state index in [1.807, 2.05) is 20.8 Å². The van der Waals surface area contributed by atoms with E-state index in [0.29, 0.717) is 12.6 Å². The van der Waals surface area contributed by atoms with Crippen molar-refractivity contribution in [2.24, 2.45) is 5.41 Å². The van der Waals surface area contributed by atoms with Crippen molar-refractivity contribution >= 4 is 12.0 Å². The number of likely N-dealkylation sites (N-methyl/N-ethyl adjacent to an activating group) is 1. The third-order valence-electron chi connectivity index (χ3n) is 3.90. The maximum absolute atomic E-state index is 11.9. The molecule has 2 atom stereocenters. The zero-order valence-corrected chi connectivity index (χ0v) is 12.9. The number of carboxylic acids is 1. The van der Waals surface area contributed by atoms with E-state index in [2.05, 4.69) is 22.6 Å². The molecule has 6 nitrogen and oxygen atoms in total. The first-order chi connectivity index (χ1) is 9.20. The maximum atomic E-state index is 11.9. The van der Waals surface area contributed by atoms with Crippen molar-refractivity contribution < 1.29 is 14.7 Å². The molecule has 0 bridgehead atoms. The van der Waals surface area contributed by atoms with Gasteiger partial charge in [0.2, 0.25) is 0 Å². The van der Waals surface area contributed by atoms with Crippen LogP contribution in [0, 0.1) is 5.41 Å². The number of carbonyl (C=O) groups excluding carboxylic acids is 1. The molecule has 116 valence electrons. The van der Waals surface area contributed by atoms with Crippen LogP contribution in [0.25, 0.3) is 0 Å². The third kappa shape index (κ3) is 5.36. The molecule has 0 aromatic heterocycles. The molecule has 6 heteroatoms. The Kier molecular flexibility index (Phi) is 5.80. The van der Waals surface area contributed by atoms with Crippen molar-refractivity contribution in [2.75, 3.05) is 20.1 Å². The number of aliphatic carboxylic acids is 1. The zero-order chi connectivity index (χ0) is 15.3. The van der Waals surface area contributed by atoms with E-state index in [1.54, 1.807) is 0 Å². The number of likely N-dealkylation sites (tertiary alicyclic amines) is 1. The number of nitrogens with one attached hydrogen (secondary N) is 2. The standard InChI is InChI=1S/C14H27N3O3/c1-14(2,3)11(8-12(18)19)16-13(20)15-9-10-6-5-7-17(10)4/h10-11H,5-9H2,1-4H3,(H,18,19)(H2,15,16,20). The summed E-state index contributed by atoms with van der Waals surface area (Å²) in [6.45, 7) is 7.44. The minimum atomic E-state index is -0.902. The second kappa shape index (κ2) is 6.92. The van der Waals surface area contributed by atoms with Crippen molar-refractivity contribution in [3.8, 4) is 0 Å². The highest BCUT2D eigenvalue weighted by Gasteiger charge is 2.29. The van der Waals surface area contributed by atoms with Crippen LogP contribution >= 0.6 is 0 Å². The summed E-state index contributed by atoms with van der Waals surface area (Å²) in [5.41, 5.74) is -0.292. The molecule has 1 saturated heterocycles. The molecule has 20 heavy (non-hydrogen) atoms. The van der Waals surface area contributed by atoms with Gasteiger partial charge in [-0.05, 0) is 31.8 Å². The fraction of sp³-hybridized carbons (Fsp3) is 0.857. The van der Waals surface area contributed by atoms with Gasteiger partial charge in [0.25, 0.3) is 0 Å². The summed E-state index contributed by atoms with van der Waals surface area (Å²) >= 11 is 0. The van der Waals surface area contributed by atoms with E-state index < -0.39 is 5.97 Å². The SMILES string of the molecule is CN1CCCC1CNC(=O)NC(CC(=O)O)C(C)(C)C. The lowest BCUT2D eigenvalue weighted by molar-refractivity contribution is -0.138. The van der Waals surface area contributed by atoms with Crippen LogP contribution in [0.2, 0.25) is 0 Å². The van der Waals surface area contributed by atoms with Gasteiger partial charge in [-0.25, -0.2) is 4.79 Å². The lowest BCUT2D eigenvalue weighted by Gasteiger charge is -2.30. The minimum absolute atomic E-state index is 0.0692. The monoisotopic (exact) mass is 285 g/mol. The zero-order valence-electron chi connectivity index (χ0n) is 12.9. The van der Waals surface area contributed by atoms with Gasteiger partial charge in [-0.2, -0.15) is 0 Å². The second-order valence-electron chi connectivity index (χ2n) is 6.65. The number of carbonyl (C=O) groups is 2.